The summed E-state index contributed by atoms with van der Waals surface area (Å²) in [5, 5.41) is 2.93. The van der Waals surface area contributed by atoms with Crippen molar-refractivity contribution in [1.29, 1.82) is 0 Å². The zero-order valence-corrected chi connectivity index (χ0v) is 16.7. The van der Waals surface area contributed by atoms with Crippen LogP contribution in [0.4, 0.5) is 5.69 Å². The number of carbonyl (C=O) groups is 1. The fourth-order valence-corrected chi connectivity index (χ4v) is 2.93. The van der Waals surface area contributed by atoms with E-state index in [-0.39, 0.29) is 18.7 Å². The van der Waals surface area contributed by atoms with Crippen molar-refractivity contribution in [1.82, 2.24) is 4.90 Å². The molecule has 0 radical (unpaired) electrons. The molecule has 0 fully saturated rings. The molecule has 1 aliphatic rings. The lowest BCUT2D eigenvalue weighted by Gasteiger charge is -2.24. The molecule has 7 heteroatoms. The van der Waals surface area contributed by atoms with Gasteiger partial charge in [-0.25, -0.2) is 0 Å². The number of anilines is 1. The van der Waals surface area contributed by atoms with Gasteiger partial charge in [0.25, 0.3) is 0 Å². The smallest absolute Gasteiger partial charge is 0.241 e. The monoisotopic (exact) mass is 386 g/mol. The summed E-state index contributed by atoms with van der Waals surface area (Å²) in [6, 6.07) is 10.8. The third-order valence-electron chi connectivity index (χ3n) is 4.64. The molecule has 0 spiro atoms. The number of rotatable bonds is 8. The first kappa shape index (κ1) is 19.8. The van der Waals surface area contributed by atoms with Gasteiger partial charge in [0, 0.05) is 18.3 Å². The molecule has 0 aliphatic carbocycles. The quantitative estimate of drug-likeness (QED) is 0.751. The second kappa shape index (κ2) is 8.84. The van der Waals surface area contributed by atoms with Gasteiger partial charge in [-0.2, -0.15) is 0 Å². The zero-order chi connectivity index (χ0) is 20.1. The molecule has 1 atom stereocenters. The van der Waals surface area contributed by atoms with Gasteiger partial charge in [0.1, 0.15) is 0 Å². The van der Waals surface area contributed by atoms with E-state index < -0.39 is 0 Å². The molecule has 2 aromatic carbocycles. The Labute approximate surface area is 165 Å². The topological polar surface area (TPSA) is 69.3 Å². The number of fused-ring (bicyclic) bond motifs is 1. The van der Waals surface area contributed by atoms with E-state index in [0.717, 1.165) is 5.56 Å². The van der Waals surface area contributed by atoms with Crippen molar-refractivity contribution in [3.8, 4) is 23.0 Å². The molecule has 1 N–H and O–H groups in total. The van der Waals surface area contributed by atoms with Gasteiger partial charge in [0.15, 0.2) is 23.0 Å². The van der Waals surface area contributed by atoms with E-state index in [2.05, 4.69) is 5.32 Å². The molecule has 28 heavy (non-hydrogen) atoms. The molecular weight excluding hydrogens is 360 g/mol. The van der Waals surface area contributed by atoms with Crippen LogP contribution in [0, 0.1) is 0 Å². The molecule has 1 aliphatic heterocycles. The molecule has 1 heterocycles. The van der Waals surface area contributed by atoms with Crippen LogP contribution in [0.3, 0.4) is 0 Å². The predicted molar refractivity (Wildman–Crippen MR) is 106 cm³/mol. The number of nitrogens with zero attached hydrogens (tertiary/aromatic N) is 1. The first-order valence-electron chi connectivity index (χ1n) is 9.22. The van der Waals surface area contributed by atoms with Gasteiger partial charge in [-0.15, -0.1) is 0 Å². The Balaban J connectivity index is 1.62. The highest BCUT2D eigenvalue weighted by atomic mass is 16.7. The highest BCUT2D eigenvalue weighted by Crippen LogP contribution is 2.34. The zero-order valence-electron chi connectivity index (χ0n) is 16.7. The van der Waals surface area contributed by atoms with Crippen molar-refractivity contribution in [2.24, 2.45) is 0 Å². The molecule has 7 nitrogen and oxygen atoms in total. The summed E-state index contributed by atoms with van der Waals surface area (Å²) in [4.78, 5) is 14.6. The number of nitrogens with one attached hydrogen (secondary N) is 1. The predicted octanol–water partition coefficient (Wildman–Crippen LogP) is 3.28. The summed E-state index contributed by atoms with van der Waals surface area (Å²) in [6.07, 6.45) is 0. The van der Waals surface area contributed by atoms with E-state index in [9.17, 15) is 4.79 Å². The molecule has 150 valence electrons. The van der Waals surface area contributed by atoms with Crippen LogP contribution in [-0.4, -0.2) is 44.4 Å². The minimum atomic E-state index is -0.331. The SMILES string of the molecule is CCOc1ccc(CN(C)[C@@H](C)C(=O)Nc2ccc3c(c2)OCO3)cc1OC. The number of hydrogen-bond donors (Lipinski definition) is 1. The van der Waals surface area contributed by atoms with Crippen LogP contribution in [0.25, 0.3) is 0 Å². The highest BCUT2D eigenvalue weighted by molar-refractivity contribution is 5.94. The molecule has 3 rings (SSSR count). The third-order valence-corrected chi connectivity index (χ3v) is 4.64. The lowest BCUT2D eigenvalue weighted by atomic mass is 10.1. The third kappa shape index (κ3) is 4.48. The van der Waals surface area contributed by atoms with E-state index in [0.29, 0.717) is 41.8 Å². The Morgan fingerprint density at radius 3 is 2.71 bits per heavy atom. The van der Waals surface area contributed by atoms with Crippen molar-refractivity contribution in [2.45, 2.75) is 26.4 Å². The average Bonchev–Trinajstić information content (AvgIpc) is 3.16. The maximum atomic E-state index is 12.6. The summed E-state index contributed by atoms with van der Waals surface area (Å²) in [6.45, 7) is 5.18. The van der Waals surface area contributed by atoms with Crippen LogP contribution in [0.15, 0.2) is 36.4 Å². The highest BCUT2D eigenvalue weighted by Gasteiger charge is 2.20. The van der Waals surface area contributed by atoms with Crippen molar-refractivity contribution < 1.29 is 23.7 Å². The van der Waals surface area contributed by atoms with E-state index in [1.165, 1.54) is 0 Å². The molecular formula is C21H26N2O5. The summed E-state index contributed by atoms with van der Waals surface area (Å²) >= 11 is 0. The van der Waals surface area contributed by atoms with Crippen LogP contribution < -0.4 is 24.3 Å². The number of carbonyl (C=O) groups excluding carboxylic acids is 1. The van der Waals surface area contributed by atoms with Gasteiger partial charge in [0.05, 0.1) is 19.8 Å². The Morgan fingerprint density at radius 1 is 1.18 bits per heavy atom. The minimum absolute atomic E-state index is 0.0979. The maximum Gasteiger partial charge on any atom is 0.241 e. The van der Waals surface area contributed by atoms with E-state index in [1.54, 1.807) is 25.3 Å². The van der Waals surface area contributed by atoms with Crippen molar-refractivity contribution >= 4 is 11.6 Å². The molecule has 0 saturated carbocycles. The summed E-state index contributed by atoms with van der Waals surface area (Å²) in [5.41, 5.74) is 1.71. The summed E-state index contributed by atoms with van der Waals surface area (Å²) < 4.78 is 21.6. The van der Waals surface area contributed by atoms with Crippen LogP contribution in [-0.2, 0) is 11.3 Å². The standard InChI is InChI=1S/C21H26N2O5/c1-5-26-17-8-6-15(10-19(17)25-4)12-23(3)14(2)21(24)22-16-7-9-18-20(11-16)28-13-27-18/h6-11,14H,5,12-13H2,1-4H3,(H,22,24)/t14-/m0/s1. The number of methoxy groups -OCH3 is 1. The van der Waals surface area contributed by atoms with Gasteiger partial charge in [-0.3, -0.25) is 9.69 Å². The average molecular weight is 386 g/mol. The van der Waals surface area contributed by atoms with Gasteiger partial charge in [-0.05, 0) is 50.7 Å². The Hall–Kier alpha value is -2.93. The first-order chi connectivity index (χ1) is 13.5. The van der Waals surface area contributed by atoms with Gasteiger partial charge < -0.3 is 24.3 Å². The van der Waals surface area contributed by atoms with E-state index in [1.807, 2.05) is 44.0 Å². The second-order valence-electron chi connectivity index (χ2n) is 6.57. The second-order valence-corrected chi connectivity index (χ2v) is 6.57. The number of likely N-dealkylation sites (N-methyl/N-ethyl adjacent to an activating group) is 1. The lowest BCUT2D eigenvalue weighted by Crippen LogP contribution is -2.39. The van der Waals surface area contributed by atoms with Crippen LogP contribution in [0.1, 0.15) is 19.4 Å². The largest absolute Gasteiger partial charge is 0.493 e. The van der Waals surface area contributed by atoms with Crippen LogP contribution in [0.2, 0.25) is 0 Å². The molecule has 0 aromatic heterocycles. The Kier molecular flexibility index (Phi) is 6.26. The molecule has 2 aromatic rings. The van der Waals surface area contributed by atoms with Gasteiger partial charge in [0.2, 0.25) is 12.7 Å². The van der Waals surface area contributed by atoms with Gasteiger partial charge in [-0.1, -0.05) is 6.07 Å². The maximum absolute atomic E-state index is 12.6. The summed E-state index contributed by atoms with van der Waals surface area (Å²) in [5.74, 6) is 2.63. The Bertz CT molecular complexity index is 840. The number of ether oxygens (including phenoxy) is 4. The van der Waals surface area contributed by atoms with Crippen LogP contribution in [0.5, 0.6) is 23.0 Å². The van der Waals surface area contributed by atoms with Crippen molar-refractivity contribution in [3.63, 3.8) is 0 Å². The van der Waals surface area contributed by atoms with Crippen LogP contribution >= 0.6 is 0 Å². The Morgan fingerprint density at radius 2 is 1.96 bits per heavy atom. The fourth-order valence-electron chi connectivity index (χ4n) is 2.93. The number of benzene rings is 2. The van der Waals surface area contributed by atoms with Crippen molar-refractivity contribution in [2.75, 3.05) is 32.9 Å². The molecule has 0 unspecified atom stereocenters. The van der Waals surface area contributed by atoms with E-state index >= 15 is 0 Å². The number of amides is 1. The van der Waals surface area contributed by atoms with Gasteiger partial charge >= 0.3 is 0 Å². The normalized spacial score (nSPS) is 13.3. The van der Waals surface area contributed by atoms with E-state index in [4.69, 9.17) is 18.9 Å². The minimum Gasteiger partial charge on any atom is -0.493 e. The fraction of sp³-hybridized carbons (Fsp3) is 0.381. The first-order valence-corrected chi connectivity index (χ1v) is 9.22. The van der Waals surface area contributed by atoms with Crippen molar-refractivity contribution in [3.05, 3.63) is 42.0 Å². The molecule has 0 saturated heterocycles. The summed E-state index contributed by atoms with van der Waals surface area (Å²) in [7, 11) is 3.53. The lowest BCUT2D eigenvalue weighted by molar-refractivity contribution is -0.120. The number of hydrogen-bond acceptors (Lipinski definition) is 6. The molecule has 0 bridgehead atoms. The molecule has 1 amide bonds.